The Morgan fingerprint density at radius 2 is 2.07 bits per heavy atom. The van der Waals surface area contributed by atoms with E-state index in [2.05, 4.69) is 33.7 Å². The molecular weight excluding hydrogens is 356 g/mol. The molecule has 1 amide bonds. The van der Waals surface area contributed by atoms with E-state index in [9.17, 15) is 4.79 Å². The second kappa shape index (κ2) is 7.20. The summed E-state index contributed by atoms with van der Waals surface area (Å²) in [4.78, 5) is 30.4. The molecule has 28 heavy (non-hydrogen) atoms. The summed E-state index contributed by atoms with van der Waals surface area (Å²) in [6, 6.07) is 7.58. The number of aliphatic hydroxyl groups excluding tert-OH is 1. The Balaban J connectivity index is 1.53. The van der Waals surface area contributed by atoms with Gasteiger partial charge in [0.05, 0.1) is 12.1 Å². The molecule has 8 heteroatoms. The summed E-state index contributed by atoms with van der Waals surface area (Å²) in [6.07, 6.45) is 5.82. The monoisotopic (exact) mass is 380 g/mol. The van der Waals surface area contributed by atoms with Crippen molar-refractivity contribution in [3.05, 3.63) is 54.4 Å². The Labute approximate surface area is 163 Å². The van der Waals surface area contributed by atoms with Gasteiger partial charge in [-0.2, -0.15) is 0 Å². The number of hydrogen-bond acceptors (Lipinski definition) is 6. The van der Waals surface area contributed by atoms with E-state index in [1.807, 2.05) is 39.8 Å². The number of rotatable bonds is 4. The molecule has 0 aromatic carbocycles. The summed E-state index contributed by atoms with van der Waals surface area (Å²) in [7, 11) is 0. The lowest BCUT2D eigenvalue weighted by atomic mass is 9.98. The lowest BCUT2D eigenvalue weighted by molar-refractivity contribution is 0.0508. The van der Waals surface area contributed by atoms with E-state index >= 15 is 0 Å². The number of hydrogen-bond donors (Lipinski definition) is 1. The van der Waals surface area contributed by atoms with E-state index in [1.54, 1.807) is 12.4 Å². The zero-order valence-corrected chi connectivity index (χ0v) is 16.1. The lowest BCUT2D eigenvalue weighted by Crippen LogP contribution is -2.61. The van der Waals surface area contributed by atoms with Gasteiger partial charge in [0, 0.05) is 44.6 Å². The Bertz CT molecular complexity index is 966. The lowest BCUT2D eigenvalue weighted by Gasteiger charge is -2.47. The number of piperazine rings is 1. The van der Waals surface area contributed by atoms with Gasteiger partial charge in [-0.1, -0.05) is 6.07 Å². The molecule has 3 aromatic rings. The normalized spacial score (nSPS) is 16.5. The second-order valence-corrected chi connectivity index (χ2v) is 7.59. The maximum Gasteiger partial charge on any atom is 0.274 e. The molecular formula is C20H24N6O2. The van der Waals surface area contributed by atoms with Gasteiger partial charge in [-0.3, -0.25) is 4.79 Å². The first kappa shape index (κ1) is 18.4. The Kier molecular flexibility index (Phi) is 4.72. The number of carbonyl (C=O) groups is 1. The summed E-state index contributed by atoms with van der Waals surface area (Å²) < 4.78 is 1.86. The molecule has 1 saturated heterocycles. The van der Waals surface area contributed by atoms with Crippen LogP contribution in [0.5, 0.6) is 0 Å². The van der Waals surface area contributed by atoms with Crippen molar-refractivity contribution in [3.8, 4) is 0 Å². The van der Waals surface area contributed by atoms with Gasteiger partial charge < -0.3 is 19.3 Å². The average Bonchev–Trinajstić information content (AvgIpc) is 3.11. The van der Waals surface area contributed by atoms with Crippen molar-refractivity contribution in [1.29, 1.82) is 0 Å². The SMILES string of the molecule is CC1(C)CN(c2ccnc(CCO)n2)CCN1C(=O)c1cn2ccccc2n1. The number of amides is 1. The molecule has 4 heterocycles. The number of carbonyl (C=O) groups excluding carboxylic acids is 1. The van der Waals surface area contributed by atoms with Crippen LogP contribution in [-0.2, 0) is 6.42 Å². The zero-order valence-electron chi connectivity index (χ0n) is 16.1. The fourth-order valence-electron chi connectivity index (χ4n) is 3.69. The smallest absolute Gasteiger partial charge is 0.274 e. The Morgan fingerprint density at radius 1 is 1.21 bits per heavy atom. The largest absolute Gasteiger partial charge is 0.396 e. The van der Waals surface area contributed by atoms with Gasteiger partial charge in [-0.05, 0) is 32.0 Å². The van der Waals surface area contributed by atoms with Gasteiger partial charge in [0.25, 0.3) is 5.91 Å². The molecule has 146 valence electrons. The van der Waals surface area contributed by atoms with Crippen LogP contribution in [0.25, 0.3) is 5.65 Å². The number of aliphatic hydroxyl groups is 1. The predicted octanol–water partition coefficient (Wildman–Crippen LogP) is 1.40. The van der Waals surface area contributed by atoms with E-state index in [-0.39, 0.29) is 18.1 Å². The van der Waals surface area contributed by atoms with Gasteiger partial charge in [-0.25, -0.2) is 15.0 Å². The summed E-state index contributed by atoms with van der Waals surface area (Å²) in [5, 5.41) is 9.12. The number of pyridine rings is 1. The summed E-state index contributed by atoms with van der Waals surface area (Å²) in [5.74, 6) is 1.39. The highest BCUT2D eigenvalue weighted by Crippen LogP contribution is 2.26. The number of nitrogens with zero attached hydrogens (tertiary/aromatic N) is 6. The van der Waals surface area contributed by atoms with E-state index in [1.165, 1.54) is 0 Å². The molecule has 1 fully saturated rings. The molecule has 1 aliphatic rings. The van der Waals surface area contributed by atoms with Crippen molar-refractivity contribution in [2.24, 2.45) is 0 Å². The minimum Gasteiger partial charge on any atom is -0.396 e. The van der Waals surface area contributed by atoms with Crippen LogP contribution in [0.1, 0.15) is 30.2 Å². The number of aromatic nitrogens is 4. The molecule has 1 aliphatic heterocycles. The van der Waals surface area contributed by atoms with Crippen LogP contribution in [0.2, 0.25) is 0 Å². The van der Waals surface area contributed by atoms with Gasteiger partial charge in [0.1, 0.15) is 23.0 Å². The Morgan fingerprint density at radius 3 is 2.82 bits per heavy atom. The van der Waals surface area contributed by atoms with Crippen LogP contribution in [0.15, 0.2) is 42.9 Å². The van der Waals surface area contributed by atoms with E-state index in [0.717, 1.165) is 11.5 Å². The molecule has 4 rings (SSSR count). The molecule has 8 nitrogen and oxygen atoms in total. The fourth-order valence-corrected chi connectivity index (χ4v) is 3.69. The first-order valence-corrected chi connectivity index (χ1v) is 9.41. The summed E-state index contributed by atoms with van der Waals surface area (Å²) >= 11 is 0. The first-order chi connectivity index (χ1) is 13.5. The van der Waals surface area contributed by atoms with Gasteiger partial charge in [0.15, 0.2) is 0 Å². The Hall–Kier alpha value is -3.00. The molecule has 0 radical (unpaired) electrons. The molecule has 0 spiro atoms. The molecule has 0 atom stereocenters. The van der Waals surface area contributed by atoms with Gasteiger partial charge >= 0.3 is 0 Å². The molecule has 0 bridgehead atoms. The highest BCUT2D eigenvalue weighted by molar-refractivity contribution is 5.93. The summed E-state index contributed by atoms with van der Waals surface area (Å²) in [5.41, 5.74) is 0.840. The second-order valence-electron chi connectivity index (χ2n) is 7.59. The van der Waals surface area contributed by atoms with Crippen LogP contribution in [0.3, 0.4) is 0 Å². The number of anilines is 1. The van der Waals surface area contributed by atoms with Crippen LogP contribution >= 0.6 is 0 Å². The maximum atomic E-state index is 13.1. The minimum absolute atomic E-state index is 0.0240. The van der Waals surface area contributed by atoms with Crippen LogP contribution in [-0.4, -0.2) is 67.0 Å². The molecule has 0 unspecified atom stereocenters. The number of imidazole rings is 1. The fraction of sp³-hybridized carbons (Fsp3) is 0.400. The highest BCUT2D eigenvalue weighted by atomic mass is 16.3. The third kappa shape index (κ3) is 3.43. The zero-order chi connectivity index (χ0) is 19.7. The first-order valence-electron chi connectivity index (χ1n) is 9.41. The molecule has 0 aliphatic carbocycles. The maximum absolute atomic E-state index is 13.1. The molecule has 3 aromatic heterocycles. The third-order valence-corrected chi connectivity index (χ3v) is 5.08. The van der Waals surface area contributed by atoms with E-state index in [0.29, 0.717) is 37.6 Å². The van der Waals surface area contributed by atoms with Crippen molar-refractivity contribution in [2.45, 2.75) is 25.8 Å². The topological polar surface area (TPSA) is 86.9 Å². The molecule has 1 N–H and O–H groups in total. The predicted molar refractivity (Wildman–Crippen MR) is 105 cm³/mol. The summed E-state index contributed by atoms with van der Waals surface area (Å²) in [6.45, 7) is 6.06. The van der Waals surface area contributed by atoms with Crippen molar-refractivity contribution in [2.75, 3.05) is 31.1 Å². The van der Waals surface area contributed by atoms with Gasteiger partial charge in [0.2, 0.25) is 0 Å². The van der Waals surface area contributed by atoms with Crippen molar-refractivity contribution in [3.63, 3.8) is 0 Å². The van der Waals surface area contributed by atoms with E-state index < -0.39 is 0 Å². The van der Waals surface area contributed by atoms with Crippen LogP contribution < -0.4 is 4.90 Å². The highest BCUT2D eigenvalue weighted by Gasteiger charge is 2.38. The average molecular weight is 380 g/mol. The van der Waals surface area contributed by atoms with Crippen molar-refractivity contribution >= 4 is 17.4 Å². The van der Waals surface area contributed by atoms with Crippen LogP contribution in [0.4, 0.5) is 5.82 Å². The van der Waals surface area contributed by atoms with Crippen molar-refractivity contribution < 1.29 is 9.90 Å². The third-order valence-electron chi connectivity index (χ3n) is 5.08. The minimum atomic E-state index is -0.382. The van der Waals surface area contributed by atoms with Crippen LogP contribution in [0, 0.1) is 0 Å². The number of fused-ring (bicyclic) bond motifs is 1. The van der Waals surface area contributed by atoms with E-state index in [4.69, 9.17) is 5.11 Å². The van der Waals surface area contributed by atoms with Gasteiger partial charge in [-0.15, -0.1) is 0 Å². The quantitative estimate of drug-likeness (QED) is 0.736. The molecule has 0 saturated carbocycles. The van der Waals surface area contributed by atoms with Crippen molar-refractivity contribution in [1.82, 2.24) is 24.3 Å². The standard InChI is InChI=1S/C20H24N6O2/c1-20(2)14-25(18-6-8-21-16(23-18)7-12-27)10-11-26(20)19(28)15-13-24-9-4-3-5-17(24)22-15/h3-6,8-9,13,27H,7,10-12,14H2,1-2H3.